The maximum Gasteiger partial charge on any atom is 0.255 e. The Labute approximate surface area is 111 Å². The minimum atomic E-state index is -0.0656. The summed E-state index contributed by atoms with van der Waals surface area (Å²) in [5.74, 6) is 0.857. The number of para-hydroxylation sites is 1. The number of rotatable bonds is 4. The number of carbonyl (C=O) groups is 1. The molecular weight excluding hydrogens is 242 g/mol. The van der Waals surface area contributed by atoms with Crippen molar-refractivity contribution in [2.24, 2.45) is 0 Å². The Bertz CT molecular complexity index is 525. The standard InChI is InChI=1S/C15H15NOS/c1-18-11-12-6-5-7-13(10-12)15(17)16-14-8-3-2-4-9-14/h2-10H,11H2,1H3,(H,16,17). The lowest BCUT2D eigenvalue weighted by atomic mass is 10.1. The number of thioether (sulfide) groups is 1. The summed E-state index contributed by atoms with van der Waals surface area (Å²) in [6.45, 7) is 0. The summed E-state index contributed by atoms with van der Waals surface area (Å²) in [6.07, 6.45) is 2.05. The second-order valence-electron chi connectivity index (χ2n) is 3.95. The average molecular weight is 257 g/mol. The van der Waals surface area contributed by atoms with Crippen LogP contribution < -0.4 is 5.32 Å². The van der Waals surface area contributed by atoms with Crippen LogP contribution in [0.2, 0.25) is 0 Å². The Kier molecular flexibility index (Phi) is 4.42. The van der Waals surface area contributed by atoms with E-state index in [0.29, 0.717) is 5.56 Å². The first kappa shape index (κ1) is 12.7. The van der Waals surface area contributed by atoms with Gasteiger partial charge in [-0.25, -0.2) is 0 Å². The molecule has 0 aliphatic rings. The number of amides is 1. The first-order chi connectivity index (χ1) is 8.79. The van der Waals surface area contributed by atoms with Crippen LogP contribution in [0, 0.1) is 0 Å². The Morgan fingerprint density at radius 2 is 1.89 bits per heavy atom. The molecule has 2 aromatic carbocycles. The predicted octanol–water partition coefficient (Wildman–Crippen LogP) is 3.80. The van der Waals surface area contributed by atoms with Crippen LogP contribution >= 0.6 is 11.8 Å². The molecule has 18 heavy (non-hydrogen) atoms. The number of nitrogens with one attached hydrogen (secondary N) is 1. The van der Waals surface area contributed by atoms with Crippen LogP contribution in [0.3, 0.4) is 0 Å². The average Bonchev–Trinajstić information content (AvgIpc) is 2.40. The molecule has 1 amide bonds. The highest BCUT2D eigenvalue weighted by molar-refractivity contribution is 7.97. The maximum absolute atomic E-state index is 12.1. The van der Waals surface area contributed by atoms with Gasteiger partial charge in [-0.2, -0.15) is 11.8 Å². The van der Waals surface area contributed by atoms with Crippen LogP contribution in [0.5, 0.6) is 0 Å². The molecule has 0 heterocycles. The molecule has 1 N–H and O–H groups in total. The van der Waals surface area contributed by atoms with Gasteiger partial charge >= 0.3 is 0 Å². The summed E-state index contributed by atoms with van der Waals surface area (Å²) in [5, 5.41) is 2.88. The van der Waals surface area contributed by atoms with E-state index in [1.807, 2.05) is 54.6 Å². The molecule has 0 unspecified atom stereocenters. The second kappa shape index (κ2) is 6.26. The number of anilines is 1. The van der Waals surface area contributed by atoms with Crippen LogP contribution in [0.1, 0.15) is 15.9 Å². The Morgan fingerprint density at radius 1 is 1.11 bits per heavy atom. The van der Waals surface area contributed by atoms with Gasteiger partial charge in [0.15, 0.2) is 0 Å². The van der Waals surface area contributed by atoms with E-state index in [0.717, 1.165) is 11.4 Å². The van der Waals surface area contributed by atoms with Gasteiger partial charge in [-0.15, -0.1) is 0 Å². The van der Waals surface area contributed by atoms with Crippen LogP contribution in [-0.2, 0) is 5.75 Å². The van der Waals surface area contributed by atoms with Crippen LogP contribution in [0.15, 0.2) is 54.6 Å². The molecule has 0 saturated carbocycles. The van der Waals surface area contributed by atoms with E-state index in [-0.39, 0.29) is 5.91 Å². The fourth-order valence-corrected chi connectivity index (χ4v) is 2.21. The number of hydrogen-bond donors (Lipinski definition) is 1. The van der Waals surface area contributed by atoms with Gasteiger partial charge in [0.05, 0.1) is 0 Å². The molecule has 2 nitrogen and oxygen atoms in total. The zero-order chi connectivity index (χ0) is 12.8. The number of benzene rings is 2. The van der Waals surface area contributed by atoms with Crippen LogP contribution in [0.4, 0.5) is 5.69 Å². The van der Waals surface area contributed by atoms with Gasteiger partial charge in [-0.3, -0.25) is 4.79 Å². The second-order valence-corrected chi connectivity index (χ2v) is 4.82. The van der Waals surface area contributed by atoms with Gasteiger partial charge in [-0.1, -0.05) is 30.3 Å². The van der Waals surface area contributed by atoms with E-state index in [1.54, 1.807) is 11.8 Å². The van der Waals surface area contributed by atoms with Crippen molar-refractivity contribution in [3.63, 3.8) is 0 Å². The van der Waals surface area contributed by atoms with Crippen molar-refractivity contribution in [3.8, 4) is 0 Å². The van der Waals surface area contributed by atoms with Crippen molar-refractivity contribution in [2.45, 2.75) is 5.75 Å². The zero-order valence-electron chi connectivity index (χ0n) is 10.2. The molecule has 0 bridgehead atoms. The molecule has 0 saturated heterocycles. The highest BCUT2D eigenvalue weighted by Crippen LogP contribution is 2.13. The topological polar surface area (TPSA) is 29.1 Å². The maximum atomic E-state index is 12.1. The van der Waals surface area contributed by atoms with E-state index in [9.17, 15) is 4.79 Å². The first-order valence-electron chi connectivity index (χ1n) is 5.74. The normalized spacial score (nSPS) is 10.1. The molecular formula is C15H15NOS. The summed E-state index contributed by atoms with van der Waals surface area (Å²) in [5.41, 5.74) is 2.69. The van der Waals surface area contributed by atoms with Crippen molar-refractivity contribution < 1.29 is 4.79 Å². The smallest absolute Gasteiger partial charge is 0.255 e. The molecule has 0 aromatic heterocycles. The fraction of sp³-hybridized carbons (Fsp3) is 0.133. The van der Waals surface area contributed by atoms with Crippen LogP contribution in [-0.4, -0.2) is 12.2 Å². The molecule has 2 aromatic rings. The monoisotopic (exact) mass is 257 g/mol. The number of hydrogen-bond acceptors (Lipinski definition) is 2. The summed E-state index contributed by atoms with van der Waals surface area (Å²) >= 11 is 1.75. The van der Waals surface area contributed by atoms with Gasteiger partial charge in [0, 0.05) is 17.0 Å². The highest BCUT2D eigenvalue weighted by Gasteiger charge is 2.06. The van der Waals surface area contributed by atoms with Gasteiger partial charge in [0.25, 0.3) is 5.91 Å². The first-order valence-corrected chi connectivity index (χ1v) is 7.13. The van der Waals surface area contributed by atoms with Crippen molar-refractivity contribution in [2.75, 3.05) is 11.6 Å². The lowest BCUT2D eigenvalue weighted by molar-refractivity contribution is 0.102. The molecule has 0 radical (unpaired) electrons. The summed E-state index contributed by atoms with van der Waals surface area (Å²) in [7, 11) is 0. The van der Waals surface area contributed by atoms with Gasteiger partial charge in [-0.05, 0) is 36.1 Å². The minimum Gasteiger partial charge on any atom is -0.322 e. The number of carbonyl (C=O) groups excluding carboxylic acids is 1. The van der Waals surface area contributed by atoms with Crippen molar-refractivity contribution in [1.82, 2.24) is 0 Å². The van der Waals surface area contributed by atoms with E-state index in [4.69, 9.17) is 0 Å². The lowest BCUT2D eigenvalue weighted by Gasteiger charge is -2.06. The van der Waals surface area contributed by atoms with Crippen molar-refractivity contribution in [3.05, 3.63) is 65.7 Å². The third-order valence-electron chi connectivity index (χ3n) is 2.53. The molecule has 3 heteroatoms. The van der Waals surface area contributed by atoms with E-state index in [2.05, 4.69) is 11.6 Å². The molecule has 2 rings (SSSR count). The van der Waals surface area contributed by atoms with Gasteiger partial charge in [0.1, 0.15) is 0 Å². The van der Waals surface area contributed by atoms with E-state index >= 15 is 0 Å². The van der Waals surface area contributed by atoms with E-state index in [1.165, 1.54) is 5.56 Å². The third kappa shape index (κ3) is 3.37. The van der Waals surface area contributed by atoms with Crippen LogP contribution in [0.25, 0.3) is 0 Å². The molecule has 0 atom stereocenters. The summed E-state index contributed by atoms with van der Waals surface area (Å²) in [4.78, 5) is 12.1. The molecule has 0 aliphatic carbocycles. The third-order valence-corrected chi connectivity index (χ3v) is 3.15. The largest absolute Gasteiger partial charge is 0.322 e. The van der Waals surface area contributed by atoms with Gasteiger partial charge in [0.2, 0.25) is 0 Å². The Balaban J connectivity index is 2.11. The molecule has 0 spiro atoms. The molecule has 0 aliphatic heterocycles. The molecule has 0 fully saturated rings. The van der Waals surface area contributed by atoms with Gasteiger partial charge < -0.3 is 5.32 Å². The van der Waals surface area contributed by atoms with Crippen molar-refractivity contribution >= 4 is 23.4 Å². The minimum absolute atomic E-state index is 0.0656. The SMILES string of the molecule is CSCc1cccc(C(=O)Nc2ccccc2)c1. The predicted molar refractivity (Wildman–Crippen MR) is 78.1 cm³/mol. The van der Waals surface area contributed by atoms with Crippen molar-refractivity contribution in [1.29, 1.82) is 0 Å². The Morgan fingerprint density at radius 3 is 2.61 bits per heavy atom. The fourth-order valence-electron chi connectivity index (χ4n) is 1.69. The summed E-state index contributed by atoms with van der Waals surface area (Å²) in [6, 6.07) is 17.2. The lowest BCUT2D eigenvalue weighted by Crippen LogP contribution is -2.11. The highest BCUT2D eigenvalue weighted by atomic mass is 32.2. The quantitative estimate of drug-likeness (QED) is 0.902. The Hall–Kier alpha value is -1.74. The summed E-state index contributed by atoms with van der Waals surface area (Å²) < 4.78 is 0. The molecule has 92 valence electrons. The van der Waals surface area contributed by atoms with E-state index < -0.39 is 0 Å². The zero-order valence-corrected chi connectivity index (χ0v) is 11.0.